The highest BCUT2D eigenvalue weighted by Crippen LogP contribution is 2.35. The van der Waals surface area contributed by atoms with Crippen molar-refractivity contribution < 1.29 is 9.59 Å². The number of benzene rings is 1. The molecule has 0 spiro atoms. The van der Waals surface area contributed by atoms with Crippen LogP contribution in [0.2, 0.25) is 0 Å². The third-order valence-corrected chi connectivity index (χ3v) is 5.34. The standard InChI is InChI=1S/C21H19N3O2/c25-19(12-3-4-12)18-11-24-20-17(18)9-15(10-23-20)13-5-6-16-14(8-13)2-1-7-22-21(16)26/h5-6,8-12H,1-4,7H2,(H,22,26)(H,23,24). The molecule has 26 heavy (non-hydrogen) atoms. The number of H-pyrrole nitrogens is 1. The highest BCUT2D eigenvalue weighted by Gasteiger charge is 2.32. The second kappa shape index (κ2) is 5.80. The molecule has 130 valence electrons. The Kier molecular flexibility index (Phi) is 3.42. The van der Waals surface area contributed by atoms with Gasteiger partial charge in [0.1, 0.15) is 5.65 Å². The number of pyridine rings is 1. The lowest BCUT2D eigenvalue weighted by molar-refractivity contribution is 0.0952. The average molecular weight is 345 g/mol. The molecule has 5 nitrogen and oxygen atoms in total. The smallest absolute Gasteiger partial charge is 0.251 e. The maximum Gasteiger partial charge on any atom is 0.251 e. The number of nitrogens with zero attached hydrogens (tertiary/aromatic N) is 1. The Labute approximate surface area is 150 Å². The molecule has 3 aromatic rings. The number of amides is 1. The Bertz CT molecular complexity index is 1050. The largest absolute Gasteiger partial charge is 0.352 e. The van der Waals surface area contributed by atoms with E-state index in [2.05, 4.69) is 21.4 Å². The minimum absolute atomic E-state index is 0.000535. The minimum Gasteiger partial charge on any atom is -0.352 e. The number of aromatic nitrogens is 2. The van der Waals surface area contributed by atoms with Crippen molar-refractivity contribution in [3.8, 4) is 11.1 Å². The summed E-state index contributed by atoms with van der Waals surface area (Å²) in [7, 11) is 0. The molecule has 1 aromatic carbocycles. The topological polar surface area (TPSA) is 74.8 Å². The number of aromatic amines is 1. The molecule has 1 fully saturated rings. The molecule has 1 saturated carbocycles. The number of ketones is 1. The number of carbonyl (C=O) groups is 2. The molecule has 0 atom stereocenters. The van der Waals surface area contributed by atoms with Crippen LogP contribution in [0.5, 0.6) is 0 Å². The summed E-state index contributed by atoms with van der Waals surface area (Å²) in [6.45, 7) is 0.715. The molecule has 0 saturated heterocycles. The first-order valence-corrected chi connectivity index (χ1v) is 9.13. The third-order valence-electron chi connectivity index (χ3n) is 5.34. The van der Waals surface area contributed by atoms with Gasteiger partial charge in [0.2, 0.25) is 0 Å². The van der Waals surface area contributed by atoms with Gasteiger partial charge in [0.25, 0.3) is 5.91 Å². The summed E-state index contributed by atoms with van der Waals surface area (Å²) in [5.74, 6) is 0.401. The van der Waals surface area contributed by atoms with Gasteiger partial charge in [-0.3, -0.25) is 9.59 Å². The minimum atomic E-state index is 0.000535. The van der Waals surface area contributed by atoms with Crippen molar-refractivity contribution in [3.05, 3.63) is 53.3 Å². The molecular weight excluding hydrogens is 326 g/mol. The van der Waals surface area contributed by atoms with Crippen LogP contribution in [-0.2, 0) is 6.42 Å². The quantitative estimate of drug-likeness (QED) is 0.714. The second-order valence-corrected chi connectivity index (χ2v) is 7.19. The van der Waals surface area contributed by atoms with E-state index >= 15 is 0 Å². The van der Waals surface area contributed by atoms with E-state index in [1.54, 1.807) is 6.20 Å². The van der Waals surface area contributed by atoms with Crippen molar-refractivity contribution in [1.29, 1.82) is 0 Å². The van der Waals surface area contributed by atoms with Gasteiger partial charge in [0.15, 0.2) is 5.78 Å². The number of Topliss-reactive ketones (excluding diaryl/α,β-unsaturated/α-hetero) is 1. The van der Waals surface area contributed by atoms with Gasteiger partial charge >= 0.3 is 0 Å². The van der Waals surface area contributed by atoms with Gasteiger partial charge in [-0.05, 0) is 48.9 Å². The lowest BCUT2D eigenvalue weighted by atomic mass is 9.96. The first-order valence-electron chi connectivity index (χ1n) is 9.13. The molecule has 2 N–H and O–H groups in total. The van der Waals surface area contributed by atoms with Crippen LogP contribution in [0, 0.1) is 5.92 Å². The molecule has 1 aliphatic carbocycles. The molecule has 2 aromatic heterocycles. The fourth-order valence-electron chi connectivity index (χ4n) is 3.71. The first-order chi connectivity index (χ1) is 12.7. The molecule has 0 bridgehead atoms. The molecule has 5 heteroatoms. The van der Waals surface area contributed by atoms with E-state index in [0.717, 1.165) is 64.5 Å². The van der Waals surface area contributed by atoms with E-state index in [4.69, 9.17) is 0 Å². The molecule has 2 aliphatic rings. The number of nitrogens with one attached hydrogen (secondary N) is 2. The summed E-state index contributed by atoms with van der Waals surface area (Å²) in [6, 6.07) is 7.97. The van der Waals surface area contributed by atoms with Crippen LogP contribution in [-0.4, -0.2) is 28.2 Å². The summed E-state index contributed by atoms with van der Waals surface area (Å²) in [5, 5.41) is 3.81. The molecular formula is C21H19N3O2. The summed E-state index contributed by atoms with van der Waals surface area (Å²) in [4.78, 5) is 32.2. The van der Waals surface area contributed by atoms with Crippen molar-refractivity contribution in [2.45, 2.75) is 25.7 Å². The van der Waals surface area contributed by atoms with E-state index in [-0.39, 0.29) is 17.6 Å². The third kappa shape index (κ3) is 2.51. The normalized spacial score (nSPS) is 16.8. The van der Waals surface area contributed by atoms with E-state index < -0.39 is 0 Å². The van der Waals surface area contributed by atoms with Crippen LogP contribution >= 0.6 is 0 Å². The maximum absolute atomic E-state index is 12.5. The molecule has 1 amide bonds. The monoisotopic (exact) mass is 345 g/mol. The van der Waals surface area contributed by atoms with Crippen LogP contribution in [0.3, 0.4) is 0 Å². The van der Waals surface area contributed by atoms with E-state index in [1.165, 1.54) is 0 Å². The molecule has 5 rings (SSSR count). The summed E-state index contributed by atoms with van der Waals surface area (Å²) >= 11 is 0. The lowest BCUT2D eigenvalue weighted by Crippen LogP contribution is -2.22. The first kappa shape index (κ1) is 15.3. The second-order valence-electron chi connectivity index (χ2n) is 7.19. The molecule has 3 heterocycles. The SMILES string of the molecule is O=C1NCCCc2cc(-c3cnc4[nH]cc(C(=O)C5CC5)c4c3)ccc21. The van der Waals surface area contributed by atoms with Gasteiger partial charge in [-0.2, -0.15) is 0 Å². The Morgan fingerprint density at radius 2 is 2.04 bits per heavy atom. The van der Waals surface area contributed by atoms with Gasteiger partial charge in [0, 0.05) is 46.9 Å². The predicted octanol–water partition coefficient (Wildman–Crippen LogP) is 3.50. The number of hydrogen-bond donors (Lipinski definition) is 2. The fraction of sp³-hybridized carbons (Fsp3) is 0.286. The summed E-state index contributed by atoms with van der Waals surface area (Å²) in [6.07, 6.45) is 7.41. The Morgan fingerprint density at radius 3 is 2.88 bits per heavy atom. The highest BCUT2D eigenvalue weighted by atomic mass is 16.1. The van der Waals surface area contributed by atoms with Gasteiger partial charge in [0.05, 0.1) is 0 Å². The predicted molar refractivity (Wildman–Crippen MR) is 99.2 cm³/mol. The molecule has 0 unspecified atom stereocenters. The summed E-state index contributed by atoms with van der Waals surface area (Å²) in [5.41, 5.74) is 5.30. The Balaban J connectivity index is 1.58. The van der Waals surface area contributed by atoms with E-state index in [1.807, 2.05) is 24.4 Å². The maximum atomic E-state index is 12.5. The van der Waals surface area contributed by atoms with Gasteiger partial charge in [-0.15, -0.1) is 0 Å². The number of aryl methyl sites for hydroxylation is 1. The van der Waals surface area contributed by atoms with Crippen molar-refractivity contribution in [2.75, 3.05) is 6.54 Å². The fourth-order valence-corrected chi connectivity index (χ4v) is 3.71. The van der Waals surface area contributed by atoms with E-state index in [9.17, 15) is 9.59 Å². The Hall–Kier alpha value is -2.95. The number of fused-ring (bicyclic) bond motifs is 2. The van der Waals surface area contributed by atoms with Gasteiger partial charge in [-0.25, -0.2) is 4.98 Å². The van der Waals surface area contributed by atoms with Crippen LogP contribution in [0.4, 0.5) is 0 Å². The zero-order chi connectivity index (χ0) is 17.7. The van der Waals surface area contributed by atoms with Crippen molar-refractivity contribution in [3.63, 3.8) is 0 Å². The number of rotatable bonds is 3. The van der Waals surface area contributed by atoms with Crippen molar-refractivity contribution >= 4 is 22.7 Å². The van der Waals surface area contributed by atoms with Crippen LogP contribution in [0.1, 0.15) is 45.5 Å². The summed E-state index contributed by atoms with van der Waals surface area (Å²) < 4.78 is 0. The van der Waals surface area contributed by atoms with Gasteiger partial charge < -0.3 is 10.3 Å². The van der Waals surface area contributed by atoms with Gasteiger partial charge in [-0.1, -0.05) is 12.1 Å². The number of hydrogen-bond acceptors (Lipinski definition) is 3. The zero-order valence-electron chi connectivity index (χ0n) is 14.3. The number of carbonyl (C=O) groups excluding carboxylic acids is 2. The van der Waals surface area contributed by atoms with Crippen molar-refractivity contribution in [2.24, 2.45) is 5.92 Å². The van der Waals surface area contributed by atoms with Crippen molar-refractivity contribution in [1.82, 2.24) is 15.3 Å². The average Bonchev–Trinajstić information content (AvgIpc) is 3.45. The zero-order valence-corrected chi connectivity index (χ0v) is 14.3. The van der Waals surface area contributed by atoms with Crippen LogP contribution in [0.15, 0.2) is 36.7 Å². The molecule has 1 aliphatic heterocycles. The Morgan fingerprint density at radius 1 is 1.15 bits per heavy atom. The lowest BCUT2D eigenvalue weighted by Gasteiger charge is -2.08. The highest BCUT2D eigenvalue weighted by molar-refractivity contribution is 6.09. The van der Waals surface area contributed by atoms with Crippen LogP contribution in [0.25, 0.3) is 22.2 Å². The van der Waals surface area contributed by atoms with E-state index in [0.29, 0.717) is 6.54 Å². The molecule has 0 radical (unpaired) electrons. The van der Waals surface area contributed by atoms with Crippen LogP contribution < -0.4 is 5.32 Å².